The van der Waals surface area contributed by atoms with Crippen LogP contribution in [0.3, 0.4) is 0 Å². The zero-order valence-electron chi connectivity index (χ0n) is 17.9. The van der Waals surface area contributed by atoms with Crippen LogP contribution in [0.25, 0.3) is 0 Å². The van der Waals surface area contributed by atoms with Crippen molar-refractivity contribution in [1.82, 2.24) is 4.57 Å². The fourth-order valence-corrected chi connectivity index (χ4v) is 3.39. The van der Waals surface area contributed by atoms with Gasteiger partial charge in [0.05, 0.1) is 17.1 Å². The second-order valence-corrected chi connectivity index (χ2v) is 7.16. The standard InChI is InChI=1S/C21H27N3O6/c1-13(2)23-14(3)10-17(15(23)4)20(25)12-30-21(26)16-6-7-18(22-8-9-29-5)19(11-16)24(27)28/h6-7,10-11,13,22H,8-9,12H2,1-5H3. The Morgan fingerprint density at radius 3 is 2.50 bits per heavy atom. The Morgan fingerprint density at radius 1 is 1.23 bits per heavy atom. The SMILES string of the molecule is COCCNc1ccc(C(=O)OCC(=O)c2cc(C)n(C(C)C)c2C)cc1[N+](=O)[O-]. The van der Waals surface area contributed by atoms with Gasteiger partial charge in [0.25, 0.3) is 5.69 Å². The summed E-state index contributed by atoms with van der Waals surface area (Å²) in [6.45, 7) is 8.12. The molecule has 2 aromatic rings. The molecule has 0 saturated carbocycles. The number of nitrogens with zero attached hydrogens (tertiary/aromatic N) is 2. The second kappa shape index (κ2) is 10.0. The first-order chi connectivity index (χ1) is 14.2. The summed E-state index contributed by atoms with van der Waals surface area (Å²) in [4.78, 5) is 35.6. The second-order valence-electron chi connectivity index (χ2n) is 7.16. The van der Waals surface area contributed by atoms with Gasteiger partial charge in [0.1, 0.15) is 5.69 Å². The van der Waals surface area contributed by atoms with Gasteiger partial charge in [-0.25, -0.2) is 4.79 Å². The number of esters is 1. The topological polar surface area (TPSA) is 113 Å². The number of hydrogen-bond acceptors (Lipinski definition) is 7. The van der Waals surface area contributed by atoms with Crippen molar-refractivity contribution >= 4 is 23.1 Å². The predicted octanol–water partition coefficient (Wildman–Crippen LogP) is 3.69. The van der Waals surface area contributed by atoms with E-state index in [1.54, 1.807) is 6.07 Å². The highest BCUT2D eigenvalue weighted by atomic mass is 16.6. The average Bonchev–Trinajstić information content (AvgIpc) is 3.00. The van der Waals surface area contributed by atoms with Crippen LogP contribution < -0.4 is 5.32 Å². The number of methoxy groups -OCH3 is 1. The van der Waals surface area contributed by atoms with Crippen molar-refractivity contribution in [2.45, 2.75) is 33.7 Å². The Hall–Kier alpha value is -3.20. The van der Waals surface area contributed by atoms with Crippen LogP contribution in [0.5, 0.6) is 0 Å². The highest BCUT2D eigenvalue weighted by Gasteiger charge is 2.21. The smallest absolute Gasteiger partial charge is 0.338 e. The quantitative estimate of drug-likeness (QED) is 0.206. The predicted molar refractivity (Wildman–Crippen MR) is 112 cm³/mol. The summed E-state index contributed by atoms with van der Waals surface area (Å²) in [5, 5.41) is 14.2. The van der Waals surface area contributed by atoms with Gasteiger partial charge < -0.3 is 19.4 Å². The molecule has 0 aliphatic rings. The van der Waals surface area contributed by atoms with E-state index in [1.165, 1.54) is 19.2 Å². The van der Waals surface area contributed by atoms with Gasteiger partial charge in [0, 0.05) is 42.7 Å². The van der Waals surface area contributed by atoms with Crippen molar-refractivity contribution < 1.29 is 24.0 Å². The van der Waals surface area contributed by atoms with Crippen molar-refractivity contribution in [3.63, 3.8) is 0 Å². The number of nitrogens with one attached hydrogen (secondary N) is 1. The van der Waals surface area contributed by atoms with Crippen LogP contribution in [0.15, 0.2) is 24.3 Å². The van der Waals surface area contributed by atoms with E-state index in [4.69, 9.17) is 9.47 Å². The van der Waals surface area contributed by atoms with E-state index in [0.717, 1.165) is 17.5 Å². The van der Waals surface area contributed by atoms with E-state index in [0.29, 0.717) is 18.7 Å². The number of aryl methyl sites for hydroxylation is 1. The Labute approximate surface area is 175 Å². The van der Waals surface area contributed by atoms with E-state index in [9.17, 15) is 19.7 Å². The molecule has 162 valence electrons. The number of carbonyl (C=O) groups is 2. The molecule has 0 bridgehead atoms. The van der Waals surface area contributed by atoms with E-state index in [-0.39, 0.29) is 28.8 Å². The summed E-state index contributed by atoms with van der Waals surface area (Å²) in [7, 11) is 1.52. The third-order valence-electron chi connectivity index (χ3n) is 4.69. The zero-order valence-corrected chi connectivity index (χ0v) is 17.9. The molecule has 0 amide bonds. The number of nitro benzene ring substituents is 1. The van der Waals surface area contributed by atoms with Gasteiger partial charge in [0.2, 0.25) is 5.78 Å². The van der Waals surface area contributed by atoms with Gasteiger partial charge in [-0.05, 0) is 45.9 Å². The van der Waals surface area contributed by atoms with Crippen molar-refractivity contribution in [3.05, 3.63) is 56.9 Å². The molecule has 1 heterocycles. The molecule has 0 atom stereocenters. The molecule has 0 radical (unpaired) electrons. The first kappa shape index (κ1) is 23.1. The molecule has 1 N–H and O–H groups in total. The number of nitro groups is 1. The van der Waals surface area contributed by atoms with E-state index >= 15 is 0 Å². The molecule has 0 unspecified atom stereocenters. The summed E-state index contributed by atoms with van der Waals surface area (Å²) >= 11 is 0. The third kappa shape index (κ3) is 5.24. The van der Waals surface area contributed by atoms with Crippen LogP contribution in [0.1, 0.15) is 52.0 Å². The fraction of sp³-hybridized carbons (Fsp3) is 0.429. The van der Waals surface area contributed by atoms with Crippen LogP contribution >= 0.6 is 0 Å². The highest BCUT2D eigenvalue weighted by Crippen LogP contribution is 2.26. The first-order valence-corrected chi connectivity index (χ1v) is 9.57. The molecule has 1 aromatic carbocycles. The molecule has 9 heteroatoms. The van der Waals surface area contributed by atoms with Crippen LogP contribution in [0.2, 0.25) is 0 Å². The monoisotopic (exact) mass is 417 g/mol. The van der Waals surface area contributed by atoms with Gasteiger partial charge in [-0.15, -0.1) is 0 Å². The van der Waals surface area contributed by atoms with Crippen LogP contribution in [0.4, 0.5) is 11.4 Å². The van der Waals surface area contributed by atoms with Crippen LogP contribution in [0, 0.1) is 24.0 Å². The third-order valence-corrected chi connectivity index (χ3v) is 4.69. The lowest BCUT2D eigenvalue weighted by molar-refractivity contribution is -0.384. The fourth-order valence-electron chi connectivity index (χ4n) is 3.39. The first-order valence-electron chi connectivity index (χ1n) is 9.57. The normalized spacial score (nSPS) is 10.9. The number of carbonyl (C=O) groups excluding carboxylic acids is 2. The summed E-state index contributed by atoms with van der Waals surface area (Å²) < 4.78 is 12.1. The van der Waals surface area contributed by atoms with E-state index in [1.807, 2.05) is 32.3 Å². The number of ketones is 1. The Bertz CT molecular complexity index is 948. The van der Waals surface area contributed by atoms with Gasteiger partial charge in [-0.1, -0.05) is 0 Å². The highest BCUT2D eigenvalue weighted by molar-refractivity contribution is 6.00. The van der Waals surface area contributed by atoms with Crippen LogP contribution in [-0.4, -0.2) is 48.1 Å². The molecule has 0 aliphatic heterocycles. The molecular formula is C21H27N3O6. The molecule has 0 aliphatic carbocycles. The number of aromatic nitrogens is 1. The van der Waals surface area contributed by atoms with Gasteiger partial charge in [-0.2, -0.15) is 0 Å². The van der Waals surface area contributed by atoms with Crippen molar-refractivity contribution in [3.8, 4) is 0 Å². The molecule has 1 aromatic heterocycles. The van der Waals surface area contributed by atoms with E-state index in [2.05, 4.69) is 5.32 Å². The van der Waals surface area contributed by atoms with Crippen molar-refractivity contribution in [2.24, 2.45) is 0 Å². The molecule has 2 rings (SSSR count). The molecule has 0 spiro atoms. The average molecular weight is 417 g/mol. The summed E-state index contributed by atoms with van der Waals surface area (Å²) in [5.41, 5.74) is 2.27. The minimum Gasteiger partial charge on any atom is -0.454 e. The maximum absolute atomic E-state index is 12.5. The lowest BCUT2D eigenvalue weighted by Gasteiger charge is -2.13. The lowest BCUT2D eigenvalue weighted by Crippen LogP contribution is -2.16. The number of rotatable bonds is 10. The van der Waals surface area contributed by atoms with Gasteiger partial charge in [-0.3, -0.25) is 14.9 Å². The molecular weight excluding hydrogens is 390 g/mol. The minimum absolute atomic E-state index is 0.000514. The number of anilines is 1. The Balaban J connectivity index is 2.11. The summed E-state index contributed by atoms with van der Waals surface area (Å²) in [5.74, 6) is -1.12. The van der Waals surface area contributed by atoms with Crippen molar-refractivity contribution in [2.75, 3.05) is 32.2 Å². The molecule has 9 nitrogen and oxygen atoms in total. The number of hydrogen-bond donors (Lipinski definition) is 1. The Kier molecular flexibility index (Phi) is 7.71. The summed E-state index contributed by atoms with van der Waals surface area (Å²) in [6, 6.07) is 5.96. The number of ether oxygens (including phenoxy) is 2. The number of benzene rings is 1. The Morgan fingerprint density at radius 2 is 1.93 bits per heavy atom. The van der Waals surface area contributed by atoms with Crippen LogP contribution in [-0.2, 0) is 9.47 Å². The largest absolute Gasteiger partial charge is 0.454 e. The minimum atomic E-state index is -0.799. The van der Waals surface area contributed by atoms with E-state index < -0.39 is 17.5 Å². The zero-order chi connectivity index (χ0) is 22.4. The van der Waals surface area contributed by atoms with Crippen molar-refractivity contribution in [1.29, 1.82) is 0 Å². The van der Waals surface area contributed by atoms with Gasteiger partial charge in [0.15, 0.2) is 6.61 Å². The molecule has 30 heavy (non-hydrogen) atoms. The number of Topliss-reactive ketones (excluding diaryl/α,β-unsaturated/α-hetero) is 1. The molecule has 0 fully saturated rings. The molecule has 0 saturated heterocycles. The lowest BCUT2D eigenvalue weighted by atomic mass is 10.1. The van der Waals surface area contributed by atoms with Gasteiger partial charge >= 0.3 is 5.97 Å². The maximum atomic E-state index is 12.5. The summed E-state index contributed by atoms with van der Waals surface area (Å²) in [6.07, 6.45) is 0. The maximum Gasteiger partial charge on any atom is 0.338 e.